The van der Waals surface area contributed by atoms with Crippen LogP contribution in [0.3, 0.4) is 0 Å². The van der Waals surface area contributed by atoms with Gasteiger partial charge in [-0.25, -0.2) is 9.18 Å². The summed E-state index contributed by atoms with van der Waals surface area (Å²) in [5.41, 5.74) is 3.55. The fourth-order valence-corrected chi connectivity index (χ4v) is 2.95. The first-order valence-corrected chi connectivity index (χ1v) is 9.26. The second-order valence-corrected chi connectivity index (χ2v) is 7.11. The number of hydrogen-bond donors (Lipinski definition) is 3. The zero-order valence-electron chi connectivity index (χ0n) is 16.7. The number of amides is 2. The molecular formula is C22H25FN2O4. The number of nitrogens with one attached hydrogen (secondary N) is 2. The molecule has 0 radical (unpaired) electrons. The van der Waals surface area contributed by atoms with Crippen LogP contribution in [-0.2, 0) is 27.2 Å². The molecule has 0 fully saturated rings. The van der Waals surface area contributed by atoms with Crippen molar-refractivity contribution in [3.8, 4) is 0 Å². The lowest BCUT2D eigenvalue weighted by molar-refractivity contribution is -0.142. The first kappa shape index (κ1) is 22.1. The number of carboxylic acid groups (broad SMARTS) is 1. The molecule has 3 N–H and O–H groups in total. The van der Waals surface area contributed by atoms with E-state index in [1.165, 1.54) is 31.2 Å². The molecule has 6 nitrogen and oxygen atoms in total. The summed E-state index contributed by atoms with van der Waals surface area (Å²) in [5, 5.41) is 14.6. The molecule has 0 unspecified atom stereocenters. The van der Waals surface area contributed by atoms with E-state index in [4.69, 9.17) is 0 Å². The zero-order chi connectivity index (χ0) is 21.6. The van der Waals surface area contributed by atoms with Crippen LogP contribution in [0.15, 0.2) is 42.5 Å². The Morgan fingerprint density at radius 3 is 2.03 bits per heavy atom. The average molecular weight is 400 g/mol. The molecule has 2 aromatic carbocycles. The molecule has 0 saturated heterocycles. The fraction of sp³-hybridized carbons (Fsp3) is 0.318. The van der Waals surface area contributed by atoms with Crippen LogP contribution in [0.1, 0.15) is 29.2 Å². The Kier molecular flexibility index (Phi) is 7.47. The molecular weight excluding hydrogens is 375 g/mol. The van der Waals surface area contributed by atoms with E-state index in [0.29, 0.717) is 5.56 Å². The number of aliphatic carboxylic acids is 1. The van der Waals surface area contributed by atoms with Gasteiger partial charge in [-0.15, -0.1) is 0 Å². The summed E-state index contributed by atoms with van der Waals surface area (Å²) >= 11 is 0. The summed E-state index contributed by atoms with van der Waals surface area (Å²) in [7, 11) is 0. The Morgan fingerprint density at radius 2 is 1.48 bits per heavy atom. The van der Waals surface area contributed by atoms with Crippen molar-refractivity contribution in [2.75, 3.05) is 0 Å². The molecule has 2 rings (SSSR count). The average Bonchev–Trinajstić information content (AvgIpc) is 2.64. The van der Waals surface area contributed by atoms with Gasteiger partial charge in [-0.3, -0.25) is 9.59 Å². The van der Waals surface area contributed by atoms with E-state index in [9.17, 15) is 23.9 Å². The number of carboxylic acids is 1. The predicted octanol–water partition coefficient (Wildman–Crippen LogP) is 2.30. The van der Waals surface area contributed by atoms with E-state index in [2.05, 4.69) is 10.6 Å². The van der Waals surface area contributed by atoms with Gasteiger partial charge < -0.3 is 15.7 Å². The van der Waals surface area contributed by atoms with Crippen LogP contribution in [0.5, 0.6) is 0 Å². The molecule has 0 aromatic heterocycles. The van der Waals surface area contributed by atoms with Crippen LogP contribution in [-0.4, -0.2) is 35.0 Å². The molecule has 2 amide bonds. The molecule has 0 saturated carbocycles. The van der Waals surface area contributed by atoms with Gasteiger partial charge in [0.25, 0.3) is 0 Å². The minimum Gasteiger partial charge on any atom is -0.480 e. The number of carbonyl (C=O) groups is 3. The maximum Gasteiger partial charge on any atom is 0.326 e. The van der Waals surface area contributed by atoms with Gasteiger partial charge in [0.05, 0.1) is 0 Å². The van der Waals surface area contributed by atoms with Gasteiger partial charge in [0.2, 0.25) is 11.8 Å². The van der Waals surface area contributed by atoms with Gasteiger partial charge in [-0.1, -0.05) is 30.3 Å². The number of benzene rings is 2. The molecule has 29 heavy (non-hydrogen) atoms. The highest BCUT2D eigenvalue weighted by atomic mass is 19.1. The highest BCUT2D eigenvalue weighted by Crippen LogP contribution is 2.12. The van der Waals surface area contributed by atoms with Gasteiger partial charge in [-0.2, -0.15) is 0 Å². The van der Waals surface area contributed by atoms with E-state index < -0.39 is 35.7 Å². The van der Waals surface area contributed by atoms with E-state index in [1.807, 2.05) is 32.0 Å². The zero-order valence-corrected chi connectivity index (χ0v) is 16.7. The summed E-state index contributed by atoms with van der Waals surface area (Å²) in [6.45, 7) is 5.17. The SMILES string of the molecule is CC(=O)N[C@H](Cc1ccc(F)cc1)C(=O)N[C@@H](Cc1ccc(C)c(C)c1)C(=O)O. The monoisotopic (exact) mass is 400 g/mol. The van der Waals surface area contributed by atoms with Gasteiger partial charge in [0.15, 0.2) is 0 Å². The summed E-state index contributed by atoms with van der Waals surface area (Å²) in [6, 6.07) is 9.06. The van der Waals surface area contributed by atoms with Crippen molar-refractivity contribution in [2.45, 2.75) is 45.7 Å². The number of hydrogen-bond acceptors (Lipinski definition) is 3. The lowest BCUT2D eigenvalue weighted by Gasteiger charge is -2.21. The highest BCUT2D eigenvalue weighted by Gasteiger charge is 2.26. The molecule has 0 heterocycles. The van der Waals surface area contributed by atoms with E-state index in [1.54, 1.807) is 0 Å². The normalized spacial score (nSPS) is 12.7. The van der Waals surface area contributed by atoms with E-state index in [-0.39, 0.29) is 12.8 Å². The van der Waals surface area contributed by atoms with Crippen LogP contribution in [0.25, 0.3) is 0 Å². The van der Waals surface area contributed by atoms with Crippen molar-refractivity contribution < 1.29 is 23.9 Å². The Balaban J connectivity index is 2.14. The standard InChI is InChI=1S/C22H25FN2O4/c1-13-4-5-17(10-14(13)2)12-20(22(28)29)25-21(27)19(24-15(3)26)11-16-6-8-18(23)9-7-16/h4-10,19-20H,11-12H2,1-3H3,(H,24,26)(H,25,27)(H,28,29)/t19-,20+/m1/s1. The molecule has 154 valence electrons. The van der Waals surface area contributed by atoms with Crippen molar-refractivity contribution >= 4 is 17.8 Å². The number of rotatable bonds is 8. The number of carbonyl (C=O) groups excluding carboxylic acids is 2. The highest BCUT2D eigenvalue weighted by molar-refractivity contribution is 5.90. The molecule has 2 atom stereocenters. The lowest BCUT2D eigenvalue weighted by Crippen LogP contribution is -2.52. The predicted molar refractivity (Wildman–Crippen MR) is 107 cm³/mol. The van der Waals surface area contributed by atoms with Gasteiger partial charge in [0, 0.05) is 19.8 Å². The molecule has 0 spiro atoms. The molecule has 0 bridgehead atoms. The van der Waals surface area contributed by atoms with Crippen molar-refractivity contribution in [1.82, 2.24) is 10.6 Å². The minimum absolute atomic E-state index is 0.113. The molecule has 0 aliphatic carbocycles. The second kappa shape index (κ2) is 9.82. The Labute approximate surface area is 169 Å². The van der Waals surface area contributed by atoms with Crippen LogP contribution in [0.4, 0.5) is 4.39 Å². The Hall–Kier alpha value is -3.22. The van der Waals surface area contributed by atoms with Crippen molar-refractivity contribution in [2.24, 2.45) is 0 Å². The fourth-order valence-electron chi connectivity index (χ4n) is 2.95. The van der Waals surface area contributed by atoms with Crippen molar-refractivity contribution in [3.63, 3.8) is 0 Å². The molecule has 0 aliphatic rings. The van der Waals surface area contributed by atoms with Crippen LogP contribution >= 0.6 is 0 Å². The van der Waals surface area contributed by atoms with Crippen molar-refractivity contribution in [1.29, 1.82) is 0 Å². The molecule has 0 aliphatic heterocycles. The lowest BCUT2D eigenvalue weighted by atomic mass is 10.00. The summed E-state index contributed by atoms with van der Waals surface area (Å²) in [5.74, 6) is -2.61. The van der Waals surface area contributed by atoms with Crippen LogP contribution < -0.4 is 10.6 Å². The largest absolute Gasteiger partial charge is 0.480 e. The minimum atomic E-state index is -1.17. The summed E-state index contributed by atoms with van der Waals surface area (Å²) in [6.07, 6.45) is 0.229. The van der Waals surface area contributed by atoms with Gasteiger partial charge >= 0.3 is 5.97 Å². The van der Waals surface area contributed by atoms with Crippen molar-refractivity contribution in [3.05, 3.63) is 70.5 Å². The summed E-state index contributed by atoms with van der Waals surface area (Å²) < 4.78 is 13.1. The Bertz CT molecular complexity index is 896. The second-order valence-electron chi connectivity index (χ2n) is 7.11. The first-order chi connectivity index (χ1) is 13.7. The third-order valence-corrected chi connectivity index (χ3v) is 4.67. The quantitative estimate of drug-likeness (QED) is 0.634. The maximum atomic E-state index is 13.1. The molecule has 2 aromatic rings. The van der Waals surface area contributed by atoms with Crippen LogP contribution in [0, 0.1) is 19.7 Å². The number of aryl methyl sites for hydroxylation is 2. The third-order valence-electron chi connectivity index (χ3n) is 4.67. The third kappa shape index (κ3) is 6.71. The smallest absolute Gasteiger partial charge is 0.326 e. The van der Waals surface area contributed by atoms with Gasteiger partial charge in [0.1, 0.15) is 17.9 Å². The van der Waals surface area contributed by atoms with E-state index in [0.717, 1.165) is 16.7 Å². The molecule has 7 heteroatoms. The first-order valence-electron chi connectivity index (χ1n) is 9.26. The van der Waals surface area contributed by atoms with Crippen LogP contribution in [0.2, 0.25) is 0 Å². The topological polar surface area (TPSA) is 95.5 Å². The van der Waals surface area contributed by atoms with E-state index >= 15 is 0 Å². The number of halogens is 1. The summed E-state index contributed by atoms with van der Waals surface area (Å²) in [4.78, 5) is 35.9. The maximum absolute atomic E-state index is 13.1. The van der Waals surface area contributed by atoms with Gasteiger partial charge in [-0.05, 0) is 48.2 Å². The Morgan fingerprint density at radius 1 is 0.897 bits per heavy atom.